The summed E-state index contributed by atoms with van der Waals surface area (Å²) in [6.45, 7) is 1.74. The summed E-state index contributed by atoms with van der Waals surface area (Å²) in [6, 6.07) is 17.9. The first-order chi connectivity index (χ1) is 14.4. The number of ether oxygens (including phenoxy) is 2. The van der Waals surface area contributed by atoms with Crippen LogP contribution in [0.4, 0.5) is 0 Å². The molecule has 1 aliphatic rings. The summed E-state index contributed by atoms with van der Waals surface area (Å²) in [5.41, 5.74) is 6.57. The SMILES string of the molecule is COC(=O)C1(c2ccccc2)C(C#N)=C(N)Oc2c1c(C)nn2-c1ccc(Cl)cc1. The molecule has 0 spiro atoms. The van der Waals surface area contributed by atoms with Gasteiger partial charge in [-0.1, -0.05) is 41.9 Å². The number of rotatable bonds is 3. The third-order valence-electron chi connectivity index (χ3n) is 5.10. The number of aromatic nitrogens is 2. The van der Waals surface area contributed by atoms with Crippen LogP contribution in [0.1, 0.15) is 16.8 Å². The second kappa shape index (κ2) is 7.25. The Balaban J connectivity index is 2.11. The zero-order chi connectivity index (χ0) is 21.5. The highest BCUT2D eigenvalue weighted by molar-refractivity contribution is 6.30. The predicted molar refractivity (Wildman–Crippen MR) is 110 cm³/mol. The Labute approximate surface area is 177 Å². The van der Waals surface area contributed by atoms with Crippen LogP contribution in [-0.4, -0.2) is 22.9 Å². The van der Waals surface area contributed by atoms with Crippen LogP contribution in [-0.2, 0) is 14.9 Å². The molecular formula is C22H17ClN4O3. The van der Waals surface area contributed by atoms with E-state index < -0.39 is 11.4 Å². The van der Waals surface area contributed by atoms with Crippen molar-refractivity contribution in [3.63, 3.8) is 0 Å². The van der Waals surface area contributed by atoms with E-state index in [1.54, 1.807) is 55.5 Å². The molecule has 4 rings (SSSR count). The average Bonchev–Trinajstić information content (AvgIpc) is 3.09. The number of fused-ring (bicyclic) bond motifs is 1. The predicted octanol–water partition coefficient (Wildman–Crippen LogP) is 3.38. The Hall–Kier alpha value is -3.76. The van der Waals surface area contributed by atoms with Gasteiger partial charge in [0.05, 0.1) is 24.1 Å². The van der Waals surface area contributed by atoms with Crippen LogP contribution in [0.5, 0.6) is 5.88 Å². The maximum atomic E-state index is 13.3. The number of benzene rings is 2. The van der Waals surface area contributed by atoms with Crippen molar-refractivity contribution in [2.24, 2.45) is 5.73 Å². The third-order valence-corrected chi connectivity index (χ3v) is 5.35. The van der Waals surface area contributed by atoms with E-state index in [-0.39, 0.29) is 17.3 Å². The molecule has 0 saturated carbocycles. The smallest absolute Gasteiger partial charge is 0.326 e. The van der Waals surface area contributed by atoms with Crippen LogP contribution in [0.2, 0.25) is 5.02 Å². The highest BCUT2D eigenvalue weighted by Crippen LogP contribution is 2.50. The van der Waals surface area contributed by atoms with E-state index in [2.05, 4.69) is 11.2 Å². The van der Waals surface area contributed by atoms with Crippen molar-refractivity contribution < 1.29 is 14.3 Å². The second-order valence-electron chi connectivity index (χ2n) is 6.71. The molecule has 1 aromatic heterocycles. The van der Waals surface area contributed by atoms with Crippen molar-refractivity contribution >= 4 is 17.6 Å². The van der Waals surface area contributed by atoms with E-state index in [9.17, 15) is 10.1 Å². The molecule has 8 heteroatoms. The molecule has 3 aromatic rings. The lowest BCUT2D eigenvalue weighted by molar-refractivity contribution is -0.144. The van der Waals surface area contributed by atoms with E-state index in [1.165, 1.54) is 11.8 Å². The molecule has 0 saturated heterocycles. The minimum Gasteiger partial charge on any atom is -0.468 e. The normalized spacial score (nSPS) is 17.7. The summed E-state index contributed by atoms with van der Waals surface area (Å²) in [5.74, 6) is -0.605. The summed E-state index contributed by atoms with van der Waals surface area (Å²) in [7, 11) is 1.27. The number of nitriles is 1. The molecule has 1 unspecified atom stereocenters. The third kappa shape index (κ3) is 2.65. The molecule has 0 fully saturated rings. The first kappa shape index (κ1) is 19.6. The lowest BCUT2D eigenvalue weighted by Gasteiger charge is -2.35. The fourth-order valence-corrected chi connectivity index (χ4v) is 3.97. The molecule has 2 heterocycles. The van der Waals surface area contributed by atoms with Crippen LogP contribution in [0.15, 0.2) is 66.1 Å². The summed E-state index contributed by atoms with van der Waals surface area (Å²) in [6.07, 6.45) is 0. The van der Waals surface area contributed by atoms with Gasteiger partial charge in [-0.3, -0.25) is 4.79 Å². The number of nitrogens with zero attached hydrogens (tertiary/aromatic N) is 3. The van der Waals surface area contributed by atoms with Crippen LogP contribution in [0.3, 0.4) is 0 Å². The standard InChI is InChI=1S/C22H17ClN4O3/c1-13-18-20(27(26-13)16-10-8-15(23)9-11-16)30-19(25)17(12-24)22(18,21(28)29-2)14-6-4-3-5-7-14/h3-11H,25H2,1-2H3. The van der Waals surface area contributed by atoms with E-state index in [0.29, 0.717) is 27.5 Å². The Bertz CT molecular complexity index is 1210. The number of nitrogens with two attached hydrogens (primary N) is 1. The zero-order valence-corrected chi connectivity index (χ0v) is 17.0. The van der Waals surface area contributed by atoms with Gasteiger partial charge >= 0.3 is 5.97 Å². The number of carbonyl (C=O) groups excluding carboxylic acids is 1. The van der Waals surface area contributed by atoms with Crippen LogP contribution < -0.4 is 10.5 Å². The molecular weight excluding hydrogens is 404 g/mol. The van der Waals surface area contributed by atoms with Gasteiger partial charge in [-0.2, -0.15) is 10.4 Å². The van der Waals surface area contributed by atoms with E-state index >= 15 is 0 Å². The topological polar surface area (TPSA) is 103 Å². The minimum atomic E-state index is -1.61. The van der Waals surface area contributed by atoms with Gasteiger partial charge in [-0.25, -0.2) is 4.68 Å². The van der Waals surface area contributed by atoms with Crippen molar-refractivity contribution in [3.05, 3.63) is 87.9 Å². The molecule has 30 heavy (non-hydrogen) atoms. The number of aryl methyl sites for hydroxylation is 1. The fourth-order valence-electron chi connectivity index (χ4n) is 3.85. The van der Waals surface area contributed by atoms with Gasteiger partial charge in [0.25, 0.3) is 0 Å². The summed E-state index contributed by atoms with van der Waals surface area (Å²) in [4.78, 5) is 13.3. The molecule has 2 N–H and O–H groups in total. The molecule has 1 aliphatic heterocycles. The molecule has 0 radical (unpaired) electrons. The van der Waals surface area contributed by atoms with E-state index in [1.807, 2.05) is 6.07 Å². The Morgan fingerprint density at radius 3 is 2.50 bits per heavy atom. The maximum Gasteiger partial charge on any atom is 0.326 e. The van der Waals surface area contributed by atoms with Gasteiger partial charge in [-0.15, -0.1) is 0 Å². The van der Waals surface area contributed by atoms with Crippen molar-refractivity contribution in [2.75, 3.05) is 7.11 Å². The monoisotopic (exact) mass is 420 g/mol. The molecule has 1 atom stereocenters. The van der Waals surface area contributed by atoms with Gasteiger partial charge in [0.1, 0.15) is 11.6 Å². The molecule has 7 nitrogen and oxygen atoms in total. The first-order valence-electron chi connectivity index (χ1n) is 9.03. The number of hydrogen-bond acceptors (Lipinski definition) is 6. The Morgan fingerprint density at radius 2 is 1.90 bits per heavy atom. The molecule has 2 aromatic carbocycles. The van der Waals surface area contributed by atoms with Gasteiger partial charge in [-0.05, 0) is 36.8 Å². The lowest BCUT2D eigenvalue weighted by Crippen LogP contribution is -2.44. The van der Waals surface area contributed by atoms with Crippen molar-refractivity contribution in [1.82, 2.24) is 9.78 Å². The summed E-state index contributed by atoms with van der Waals surface area (Å²) in [5, 5.41) is 15.1. The minimum absolute atomic E-state index is 0.0493. The Morgan fingerprint density at radius 1 is 1.23 bits per heavy atom. The van der Waals surface area contributed by atoms with E-state index in [0.717, 1.165) is 0 Å². The maximum absolute atomic E-state index is 13.3. The highest BCUT2D eigenvalue weighted by Gasteiger charge is 2.55. The van der Waals surface area contributed by atoms with Crippen LogP contribution in [0.25, 0.3) is 5.69 Å². The number of halogens is 1. The molecule has 150 valence electrons. The quantitative estimate of drug-likeness (QED) is 0.651. The van der Waals surface area contributed by atoms with Crippen molar-refractivity contribution in [3.8, 4) is 17.6 Å². The molecule has 0 bridgehead atoms. The number of esters is 1. The fraction of sp³-hybridized carbons (Fsp3) is 0.136. The zero-order valence-electron chi connectivity index (χ0n) is 16.2. The molecule has 0 amide bonds. The van der Waals surface area contributed by atoms with Crippen molar-refractivity contribution in [2.45, 2.75) is 12.3 Å². The van der Waals surface area contributed by atoms with Crippen LogP contribution in [0, 0.1) is 18.3 Å². The number of carbonyl (C=O) groups is 1. The largest absolute Gasteiger partial charge is 0.468 e. The van der Waals surface area contributed by atoms with Gasteiger partial charge < -0.3 is 15.2 Å². The lowest BCUT2D eigenvalue weighted by atomic mass is 9.68. The van der Waals surface area contributed by atoms with Crippen molar-refractivity contribution in [1.29, 1.82) is 5.26 Å². The highest BCUT2D eigenvalue weighted by atomic mass is 35.5. The number of methoxy groups -OCH3 is 1. The Kier molecular flexibility index (Phi) is 4.72. The first-order valence-corrected chi connectivity index (χ1v) is 9.41. The second-order valence-corrected chi connectivity index (χ2v) is 7.15. The van der Waals surface area contributed by atoms with Gasteiger partial charge in [0.15, 0.2) is 5.41 Å². The van der Waals surface area contributed by atoms with Crippen LogP contribution >= 0.6 is 11.6 Å². The number of hydrogen-bond donors (Lipinski definition) is 1. The van der Waals surface area contributed by atoms with E-state index in [4.69, 9.17) is 26.8 Å². The van der Waals surface area contributed by atoms with Gasteiger partial charge in [0.2, 0.25) is 11.8 Å². The van der Waals surface area contributed by atoms with Gasteiger partial charge in [0, 0.05) is 5.02 Å². The summed E-state index contributed by atoms with van der Waals surface area (Å²) >= 11 is 6.01. The summed E-state index contributed by atoms with van der Waals surface area (Å²) < 4.78 is 12.5. The molecule has 0 aliphatic carbocycles. The average molecular weight is 421 g/mol.